The van der Waals surface area contributed by atoms with Crippen molar-refractivity contribution in [2.45, 2.75) is 49.4 Å². The van der Waals surface area contributed by atoms with Gasteiger partial charge in [-0.05, 0) is 85.6 Å². The number of hydrogen-bond donors (Lipinski definition) is 2. The summed E-state index contributed by atoms with van der Waals surface area (Å²) in [5.41, 5.74) is 2.43. The first-order valence-electron chi connectivity index (χ1n) is 12.0. The van der Waals surface area contributed by atoms with Gasteiger partial charge in [0.25, 0.3) is 0 Å². The first-order chi connectivity index (χ1) is 16.5. The van der Waals surface area contributed by atoms with Gasteiger partial charge in [0.2, 0.25) is 0 Å². The molecule has 2 fully saturated rings. The molecule has 176 valence electrons. The fraction of sp³-hybridized carbons (Fsp3) is 0.407. The van der Waals surface area contributed by atoms with Gasteiger partial charge in [0.1, 0.15) is 5.60 Å². The molecular formula is C27H27F2N3O2. The second-order valence-corrected chi connectivity index (χ2v) is 9.74. The molecule has 2 N–H and O–H groups in total. The van der Waals surface area contributed by atoms with Crippen LogP contribution in [-0.4, -0.2) is 28.2 Å². The van der Waals surface area contributed by atoms with Crippen LogP contribution < -0.4 is 5.32 Å². The number of halogens is 2. The van der Waals surface area contributed by atoms with Crippen LogP contribution in [0.4, 0.5) is 8.78 Å². The van der Waals surface area contributed by atoms with E-state index in [0.717, 1.165) is 56.5 Å². The summed E-state index contributed by atoms with van der Waals surface area (Å²) >= 11 is 0. The molecule has 1 aromatic carbocycles. The molecular weight excluding hydrogens is 436 g/mol. The van der Waals surface area contributed by atoms with Crippen molar-refractivity contribution in [3.8, 4) is 0 Å². The van der Waals surface area contributed by atoms with Crippen LogP contribution in [0.25, 0.3) is 0 Å². The lowest BCUT2D eigenvalue weighted by Crippen LogP contribution is -2.39. The molecule has 5 nitrogen and oxygen atoms in total. The first-order valence-corrected chi connectivity index (χ1v) is 12.0. The number of ether oxygens (including phenoxy) is 1. The van der Waals surface area contributed by atoms with Crippen molar-refractivity contribution >= 4 is 0 Å². The van der Waals surface area contributed by atoms with E-state index >= 15 is 0 Å². The van der Waals surface area contributed by atoms with Gasteiger partial charge in [-0.15, -0.1) is 0 Å². The fourth-order valence-electron chi connectivity index (χ4n) is 5.65. The van der Waals surface area contributed by atoms with E-state index in [-0.39, 0.29) is 17.6 Å². The smallest absolute Gasteiger partial charge is 0.159 e. The van der Waals surface area contributed by atoms with Gasteiger partial charge < -0.3 is 15.2 Å². The maximum atomic E-state index is 13.9. The van der Waals surface area contributed by atoms with Crippen LogP contribution in [0.2, 0.25) is 0 Å². The fourth-order valence-corrected chi connectivity index (χ4v) is 5.65. The Morgan fingerprint density at radius 2 is 1.88 bits per heavy atom. The van der Waals surface area contributed by atoms with Gasteiger partial charge in [-0.2, -0.15) is 0 Å². The normalized spacial score (nSPS) is 23.0. The standard InChI is InChI=1S/C27H27F2N3O2/c28-22-5-4-19(14-23(22)29)27(33,18-2-3-18)25-6-1-17(15-32-25)13-24-20-7-10-31-16-21(20)26(34-24)8-11-30-12-9-26/h1,4-7,10,14-16,18,24,30,33H,2-3,8-9,11-13H2. The minimum Gasteiger partial charge on any atom is -0.378 e. The maximum Gasteiger partial charge on any atom is 0.159 e. The van der Waals surface area contributed by atoms with Gasteiger partial charge in [0.15, 0.2) is 11.6 Å². The topological polar surface area (TPSA) is 67.3 Å². The summed E-state index contributed by atoms with van der Waals surface area (Å²) in [6.07, 6.45) is 9.56. The van der Waals surface area contributed by atoms with Gasteiger partial charge in [-0.1, -0.05) is 12.1 Å². The summed E-state index contributed by atoms with van der Waals surface area (Å²) < 4.78 is 34.1. The van der Waals surface area contributed by atoms with Crippen molar-refractivity contribution in [1.29, 1.82) is 0 Å². The van der Waals surface area contributed by atoms with E-state index in [4.69, 9.17) is 4.74 Å². The minimum atomic E-state index is -1.44. The van der Waals surface area contributed by atoms with Gasteiger partial charge in [-0.25, -0.2) is 8.78 Å². The second-order valence-electron chi connectivity index (χ2n) is 9.74. The number of nitrogens with zero attached hydrogens (tertiary/aromatic N) is 2. The molecule has 3 aromatic rings. The molecule has 1 saturated heterocycles. The van der Waals surface area contributed by atoms with Crippen LogP contribution in [0, 0.1) is 17.6 Å². The van der Waals surface area contributed by atoms with Crippen molar-refractivity contribution in [2.24, 2.45) is 5.92 Å². The Bertz CT molecular complexity index is 1210. The summed E-state index contributed by atoms with van der Waals surface area (Å²) in [6, 6.07) is 9.40. The molecule has 2 atom stereocenters. The minimum absolute atomic E-state index is 0.0620. The maximum absolute atomic E-state index is 13.9. The lowest BCUT2D eigenvalue weighted by molar-refractivity contribution is -0.0939. The van der Waals surface area contributed by atoms with Crippen molar-refractivity contribution in [1.82, 2.24) is 15.3 Å². The number of piperidine rings is 1. The molecule has 3 aliphatic rings. The zero-order valence-electron chi connectivity index (χ0n) is 18.8. The molecule has 0 amide bonds. The zero-order chi connectivity index (χ0) is 23.3. The number of benzene rings is 1. The Hall–Kier alpha value is -2.74. The van der Waals surface area contributed by atoms with Crippen LogP contribution in [0.5, 0.6) is 0 Å². The Balaban J connectivity index is 1.27. The lowest BCUT2D eigenvalue weighted by Gasteiger charge is -2.34. The van der Waals surface area contributed by atoms with Gasteiger partial charge in [0.05, 0.1) is 17.4 Å². The van der Waals surface area contributed by atoms with E-state index in [1.165, 1.54) is 17.2 Å². The van der Waals surface area contributed by atoms with Gasteiger partial charge in [-0.3, -0.25) is 9.97 Å². The van der Waals surface area contributed by atoms with Crippen LogP contribution in [0.1, 0.15) is 59.7 Å². The predicted octanol–water partition coefficient (Wildman–Crippen LogP) is 4.29. The molecule has 1 spiro atoms. The molecule has 2 unspecified atom stereocenters. The van der Waals surface area contributed by atoms with Crippen molar-refractivity contribution in [3.63, 3.8) is 0 Å². The quantitative estimate of drug-likeness (QED) is 0.591. The van der Waals surface area contributed by atoms with Crippen LogP contribution >= 0.6 is 0 Å². The molecule has 2 aliphatic heterocycles. The highest BCUT2D eigenvalue weighted by molar-refractivity contribution is 5.39. The van der Waals surface area contributed by atoms with Crippen LogP contribution in [-0.2, 0) is 22.4 Å². The van der Waals surface area contributed by atoms with Gasteiger partial charge >= 0.3 is 0 Å². The van der Waals surface area contributed by atoms with E-state index in [1.807, 2.05) is 24.5 Å². The largest absolute Gasteiger partial charge is 0.378 e. The first kappa shape index (κ1) is 21.8. The summed E-state index contributed by atoms with van der Waals surface area (Å²) in [5, 5.41) is 15.0. The Morgan fingerprint density at radius 3 is 2.59 bits per heavy atom. The molecule has 2 aromatic heterocycles. The lowest BCUT2D eigenvalue weighted by atomic mass is 9.84. The van der Waals surface area contributed by atoms with E-state index < -0.39 is 17.2 Å². The monoisotopic (exact) mass is 463 g/mol. The number of rotatable bonds is 5. The van der Waals surface area contributed by atoms with Crippen molar-refractivity contribution in [3.05, 3.63) is 94.6 Å². The van der Waals surface area contributed by atoms with E-state index in [1.54, 1.807) is 12.3 Å². The number of aromatic nitrogens is 2. The molecule has 4 heterocycles. The summed E-state index contributed by atoms with van der Waals surface area (Å²) in [7, 11) is 0. The summed E-state index contributed by atoms with van der Waals surface area (Å²) in [6.45, 7) is 1.84. The molecule has 34 heavy (non-hydrogen) atoms. The SMILES string of the molecule is OC(c1ccc(F)c(F)c1)(c1ccc(CC2OC3(CCNCC3)c3cnccc32)cn1)C1CC1. The number of pyridine rings is 2. The molecule has 0 bridgehead atoms. The van der Waals surface area contributed by atoms with Crippen molar-refractivity contribution < 1.29 is 18.6 Å². The van der Waals surface area contributed by atoms with E-state index in [2.05, 4.69) is 15.3 Å². The van der Waals surface area contributed by atoms with E-state index in [0.29, 0.717) is 17.7 Å². The molecule has 1 saturated carbocycles. The van der Waals surface area contributed by atoms with E-state index in [9.17, 15) is 13.9 Å². The van der Waals surface area contributed by atoms with Crippen molar-refractivity contribution in [2.75, 3.05) is 13.1 Å². The number of hydrogen-bond acceptors (Lipinski definition) is 5. The van der Waals surface area contributed by atoms with Crippen LogP contribution in [0.3, 0.4) is 0 Å². The molecule has 6 rings (SSSR count). The number of nitrogens with one attached hydrogen (secondary N) is 1. The third kappa shape index (κ3) is 3.54. The Kier molecular flexibility index (Phi) is 5.24. The zero-order valence-corrected chi connectivity index (χ0v) is 18.8. The predicted molar refractivity (Wildman–Crippen MR) is 122 cm³/mol. The highest BCUT2D eigenvalue weighted by Crippen LogP contribution is 2.50. The Morgan fingerprint density at radius 1 is 1.06 bits per heavy atom. The Labute approximate surface area is 197 Å². The molecule has 0 radical (unpaired) electrons. The average molecular weight is 464 g/mol. The summed E-state index contributed by atoms with van der Waals surface area (Å²) in [5.74, 6) is -1.96. The van der Waals surface area contributed by atoms with Crippen LogP contribution in [0.15, 0.2) is 55.0 Å². The number of aliphatic hydroxyl groups is 1. The summed E-state index contributed by atoms with van der Waals surface area (Å²) in [4.78, 5) is 8.96. The third-order valence-electron chi connectivity index (χ3n) is 7.64. The third-order valence-corrected chi connectivity index (χ3v) is 7.64. The number of fused-ring (bicyclic) bond motifs is 2. The average Bonchev–Trinajstić information content (AvgIpc) is 3.68. The highest BCUT2D eigenvalue weighted by atomic mass is 19.2. The molecule has 1 aliphatic carbocycles. The second kappa shape index (κ2) is 8.18. The highest BCUT2D eigenvalue weighted by Gasteiger charge is 2.48. The van der Waals surface area contributed by atoms with Gasteiger partial charge in [0, 0.05) is 30.6 Å². The molecule has 7 heteroatoms.